The number of halogens is 2. The number of nitrogens with one attached hydrogen (secondary N) is 3. The van der Waals surface area contributed by atoms with E-state index in [4.69, 9.17) is 28.6 Å². The SMILES string of the molecule is COC(=O)c1c(NC(=S)NNC(=O)C2CCN(Cc3ccc(F)cc3Cl)CC2)sc2c1CCC2. The van der Waals surface area contributed by atoms with Crippen molar-refractivity contribution in [1.82, 2.24) is 15.8 Å². The first-order chi connectivity index (χ1) is 16.4. The Hall–Kier alpha value is -2.27. The number of amides is 1. The van der Waals surface area contributed by atoms with Gasteiger partial charge in [0.1, 0.15) is 10.8 Å². The fourth-order valence-corrected chi connectivity index (χ4v) is 6.14. The van der Waals surface area contributed by atoms with Crippen molar-refractivity contribution in [3.05, 3.63) is 50.6 Å². The second-order valence-electron chi connectivity index (χ2n) is 8.41. The van der Waals surface area contributed by atoms with E-state index in [2.05, 4.69) is 21.1 Å². The highest BCUT2D eigenvalue weighted by atomic mass is 35.5. The number of ether oxygens (including phenoxy) is 1. The Morgan fingerprint density at radius 3 is 2.74 bits per heavy atom. The van der Waals surface area contributed by atoms with E-state index in [-0.39, 0.29) is 28.7 Å². The van der Waals surface area contributed by atoms with Crippen molar-refractivity contribution in [1.29, 1.82) is 0 Å². The predicted octanol–water partition coefficient (Wildman–Crippen LogP) is 4.05. The van der Waals surface area contributed by atoms with Crippen LogP contribution in [0.3, 0.4) is 0 Å². The molecule has 0 unspecified atom stereocenters. The molecule has 0 spiro atoms. The molecule has 1 aliphatic carbocycles. The average molecular weight is 525 g/mol. The molecule has 3 N–H and O–H groups in total. The number of anilines is 1. The number of nitrogens with zero attached hydrogens (tertiary/aromatic N) is 1. The number of thiophene rings is 1. The minimum Gasteiger partial charge on any atom is -0.465 e. The van der Waals surface area contributed by atoms with E-state index in [1.54, 1.807) is 6.07 Å². The van der Waals surface area contributed by atoms with Crippen LogP contribution in [-0.2, 0) is 28.9 Å². The number of aryl methyl sites for hydroxylation is 1. The lowest BCUT2D eigenvalue weighted by molar-refractivity contribution is -0.127. The van der Waals surface area contributed by atoms with Gasteiger partial charge in [-0.3, -0.25) is 20.5 Å². The van der Waals surface area contributed by atoms with Gasteiger partial charge in [0.05, 0.1) is 12.7 Å². The van der Waals surface area contributed by atoms with Gasteiger partial charge in [0.2, 0.25) is 5.91 Å². The summed E-state index contributed by atoms with van der Waals surface area (Å²) >= 11 is 13.0. The Balaban J connectivity index is 1.25. The van der Waals surface area contributed by atoms with Crippen molar-refractivity contribution >= 4 is 57.1 Å². The number of thiocarbonyl (C=S) groups is 1. The summed E-state index contributed by atoms with van der Waals surface area (Å²) in [6.07, 6.45) is 4.20. The molecule has 0 saturated carbocycles. The van der Waals surface area contributed by atoms with Crippen LogP contribution in [0.15, 0.2) is 18.2 Å². The molecule has 4 rings (SSSR count). The minimum atomic E-state index is -0.387. The molecular formula is C23H26ClFN4O3S2. The van der Waals surface area contributed by atoms with Crippen LogP contribution >= 0.6 is 35.2 Å². The number of carbonyl (C=O) groups excluding carboxylic acids is 2. The third-order valence-corrected chi connectivity index (χ3v) is 7.97. The second kappa shape index (κ2) is 11.0. The number of benzene rings is 1. The normalized spacial score (nSPS) is 16.1. The number of fused-ring (bicyclic) bond motifs is 1. The van der Waals surface area contributed by atoms with Crippen LogP contribution in [0.25, 0.3) is 0 Å². The summed E-state index contributed by atoms with van der Waals surface area (Å²) in [4.78, 5) is 28.3. The summed E-state index contributed by atoms with van der Waals surface area (Å²) in [5, 5.41) is 4.29. The molecule has 0 bridgehead atoms. The molecule has 1 fully saturated rings. The average Bonchev–Trinajstić information content (AvgIpc) is 3.40. The number of hydrogen-bond acceptors (Lipinski definition) is 6. The number of hydrogen-bond donors (Lipinski definition) is 3. The van der Waals surface area contributed by atoms with E-state index in [1.165, 1.54) is 35.5 Å². The van der Waals surface area contributed by atoms with Gasteiger partial charge in [0.15, 0.2) is 5.11 Å². The van der Waals surface area contributed by atoms with Crippen LogP contribution in [0.4, 0.5) is 9.39 Å². The molecule has 1 aromatic carbocycles. The maximum Gasteiger partial charge on any atom is 0.341 e. The zero-order valence-electron chi connectivity index (χ0n) is 18.7. The molecule has 2 heterocycles. The summed E-state index contributed by atoms with van der Waals surface area (Å²) in [5.41, 5.74) is 7.86. The molecule has 1 aliphatic heterocycles. The number of hydrazine groups is 1. The van der Waals surface area contributed by atoms with E-state index in [1.807, 2.05) is 0 Å². The Morgan fingerprint density at radius 1 is 1.26 bits per heavy atom. The summed E-state index contributed by atoms with van der Waals surface area (Å²) in [5.74, 6) is -1.02. The number of likely N-dealkylation sites (tertiary alicyclic amines) is 1. The molecule has 2 aromatic rings. The van der Waals surface area contributed by atoms with Gasteiger partial charge in [-0.2, -0.15) is 0 Å². The number of esters is 1. The first-order valence-electron chi connectivity index (χ1n) is 11.1. The molecule has 0 radical (unpaired) electrons. The van der Waals surface area contributed by atoms with Gasteiger partial charge in [-0.1, -0.05) is 17.7 Å². The fraction of sp³-hybridized carbons (Fsp3) is 0.435. The molecule has 34 heavy (non-hydrogen) atoms. The van der Waals surface area contributed by atoms with E-state index in [0.717, 1.165) is 43.5 Å². The van der Waals surface area contributed by atoms with E-state index in [0.29, 0.717) is 35.0 Å². The molecule has 7 nitrogen and oxygen atoms in total. The van der Waals surface area contributed by atoms with Crippen molar-refractivity contribution in [3.8, 4) is 0 Å². The van der Waals surface area contributed by atoms with Gasteiger partial charge < -0.3 is 10.1 Å². The van der Waals surface area contributed by atoms with E-state index < -0.39 is 0 Å². The zero-order chi connectivity index (χ0) is 24.2. The van der Waals surface area contributed by atoms with Gasteiger partial charge in [0.25, 0.3) is 0 Å². The molecule has 1 amide bonds. The highest BCUT2D eigenvalue weighted by molar-refractivity contribution is 7.80. The molecular weight excluding hydrogens is 499 g/mol. The maximum absolute atomic E-state index is 13.2. The molecule has 1 saturated heterocycles. The summed E-state index contributed by atoms with van der Waals surface area (Å²) in [6, 6.07) is 4.42. The van der Waals surface area contributed by atoms with Crippen molar-refractivity contribution in [2.24, 2.45) is 5.92 Å². The number of carbonyl (C=O) groups is 2. The topological polar surface area (TPSA) is 82.7 Å². The fourth-order valence-electron chi connectivity index (χ4n) is 4.41. The van der Waals surface area contributed by atoms with Gasteiger partial charge in [0, 0.05) is 22.4 Å². The van der Waals surface area contributed by atoms with E-state index in [9.17, 15) is 14.0 Å². The molecule has 11 heteroatoms. The molecule has 182 valence electrons. The van der Waals surface area contributed by atoms with Crippen LogP contribution in [0.2, 0.25) is 5.02 Å². The Labute approximate surface area is 212 Å². The quantitative estimate of drug-likeness (QED) is 0.309. The number of rotatable bonds is 5. The summed E-state index contributed by atoms with van der Waals surface area (Å²) in [7, 11) is 1.36. The minimum absolute atomic E-state index is 0.134. The highest BCUT2D eigenvalue weighted by Crippen LogP contribution is 2.39. The van der Waals surface area contributed by atoms with Gasteiger partial charge in [-0.25, -0.2) is 9.18 Å². The van der Waals surface area contributed by atoms with Crippen LogP contribution in [0, 0.1) is 11.7 Å². The smallest absolute Gasteiger partial charge is 0.341 e. The third kappa shape index (κ3) is 5.68. The van der Waals surface area contributed by atoms with Crippen LogP contribution in [0.5, 0.6) is 0 Å². The Morgan fingerprint density at radius 2 is 2.03 bits per heavy atom. The predicted molar refractivity (Wildman–Crippen MR) is 135 cm³/mol. The van der Waals surface area contributed by atoms with Crippen molar-refractivity contribution in [3.63, 3.8) is 0 Å². The molecule has 1 aromatic heterocycles. The van der Waals surface area contributed by atoms with Crippen molar-refractivity contribution in [2.75, 3.05) is 25.5 Å². The third-order valence-electron chi connectivity index (χ3n) is 6.20. The Bertz CT molecular complexity index is 1100. The molecule has 2 aliphatic rings. The van der Waals surface area contributed by atoms with Gasteiger partial charge in [-0.05, 0) is 80.7 Å². The summed E-state index contributed by atoms with van der Waals surface area (Å²) < 4.78 is 18.2. The van der Waals surface area contributed by atoms with E-state index >= 15 is 0 Å². The van der Waals surface area contributed by atoms with Crippen molar-refractivity contribution in [2.45, 2.75) is 38.6 Å². The monoisotopic (exact) mass is 524 g/mol. The molecule has 0 atom stereocenters. The lowest BCUT2D eigenvalue weighted by Crippen LogP contribution is -2.48. The van der Waals surface area contributed by atoms with Crippen molar-refractivity contribution < 1.29 is 18.7 Å². The largest absolute Gasteiger partial charge is 0.465 e. The lowest BCUT2D eigenvalue weighted by atomic mass is 9.96. The maximum atomic E-state index is 13.2. The van der Waals surface area contributed by atoms with Gasteiger partial charge >= 0.3 is 5.97 Å². The van der Waals surface area contributed by atoms with Crippen LogP contribution in [-0.4, -0.2) is 42.1 Å². The lowest BCUT2D eigenvalue weighted by Gasteiger charge is -2.31. The summed E-state index contributed by atoms with van der Waals surface area (Å²) in [6.45, 7) is 2.09. The standard InChI is InChI=1S/C23H26ClFN4O3S2/c1-32-22(31)19-16-3-2-4-18(16)34-21(19)26-23(33)28-27-20(30)13-7-9-29(10-8-13)12-14-5-6-15(25)11-17(14)24/h5-6,11,13H,2-4,7-10,12H2,1H3,(H,27,30)(H2,26,28,33). The van der Waals surface area contributed by atoms with Gasteiger partial charge in [-0.15, -0.1) is 11.3 Å². The number of piperidine rings is 1. The first kappa shape index (κ1) is 24.8. The van der Waals surface area contributed by atoms with Crippen LogP contribution in [0.1, 0.15) is 45.6 Å². The first-order valence-corrected chi connectivity index (χ1v) is 12.7. The highest BCUT2D eigenvalue weighted by Gasteiger charge is 2.28. The number of methoxy groups -OCH3 is 1. The second-order valence-corrected chi connectivity index (χ2v) is 10.3. The van der Waals surface area contributed by atoms with Crippen LogP contribution < -0.4 is 16.2 Å². The Kier molecular flexibility index (Phi) is 8.02. The zero-order valence-corrected chi connectivity index (χ0v) is 21.1.